The second-order valence-corrected chi connectivity index (χ2v) is 4.72. The molecule has 0 aromatic heterocycles. The van der Waals surface area contributed by atoms with Gasteiger partial charge in [0.1, 0.15) is 0 Å². The summed E-state index contributed by atoms with van der Waals surface area (Å²) in [5.74, 6) is 1.11. The van der Waals surface area contributed by atoms with E-state index in [1.165, 1.54) is 0 Å². The molecule has 1 aliphatic carbocycles. The fraction of sp³-hybridized carbons (Fsp3) is 0.538. The number of rotatable bonds is 4. The molecule has 17 heavy (non-hydrogen) atoms. The first-order chi connectivity index (χ1) is 8.07. The third-order valence-electron chi connectivity index (χ3n) is 3.29. The Morgan fingerprint density at radius 2 is 2.00 bits per heavy atom. The van der Waals surface area contributed by atoms with Crippen molar-refractivity contribution in [1.29, 1.82) is 0 Å². The molecule has 0 bridgehead atoms. The van der Waals surface area contributed by atoms with Gasteiger partial charge in [-0.3, -0.25) is 0 Å². The number of hydrogen-bond donors (Lipinski definition) is 1. The molecular formula is C13H17ClO3. The maximum absolute atomic E-state index is 10.3. The zero-order valence-electron chi connectivity index (χ0n) is 10.3. The van der Waals surface area contributed by atoms with E-state index in [9.17, 15) is 5.11 Å². The highest BCUT2D eigenvalue weighted by molar-refractivity contribution is 6.33. The van der Waals surface area contributed by atoms with Crippen LogP contribution in [0.3, 0.4) is 0 Å². The Labute approximate surface area is 106 Å². The topological polar surface area (TPSA) is 38.7 Å². The molecule has 0 spiro atoms. The van der Waals surface area contributed by atoms with Crippen LogP contribution in [0.4, 0.5) is 0 Å². The normalized spacial score (nSPS) is 16.8. The van der Waals surface area contributed by atoms with Gasteiger partial charge in [0.15, 0.2) is 11.5 Å². The van der Waals surface area contributed by atoms with Crippen LogP contribution in [-0.4, -0.2) is 19.3 Å². The van der Waals surface area contributed by atoms with Crippen LogP contribution < -0.4 is 9.47 Å². The summed E-state index contributed by atoms with van der Waals surface area (Å²) < 4.78 is 10.5. The number of hydrogen-bond acceptors (Lipinski definition) is 3. The maximum Gasteiger partial charge on any atom is 0.179 e. The quantitative estimate of drug-likeness (QED) is 0.900. The lowest BCUT2D eigenvalue weighted by Gasteiger charge is -2.19. The van der Waals surface area contributed by atoms with Gasteiger partial charge in [0.25, 0.3) is 0 Å². The molecule has 1 aromatic rings. The molecule has 4 heteroatoms. The Bertz CT molecular complexity index is 439. The Morgan fingerprint density at radius 3 is 2.41 bits per heavy atom. The average molecular weight is 257 g/mol. The standard InChI is InChI=1S/C13H17ClO3/c1-4-8-9(13(15)5-6-13)7-10(16-2)12(17-3)11(8)14/h7,15H,4-6H2,1-3H3. The zero-order valence-corrected chi connectivity index (χ0v) is 11.1. The van der Waals surface area contributed by atoms with Gasteiger partial charge in [0, 0.05) is 0 Å². The molecule has 1 aliphatic rings. The first kappa shape index (κ1) is 12.5. The third-order valence-corrected chi connectivity index (χ3v) is 3.69. The van der Waals surface area contributed by atoms with E-state index in [1.54, 1.807) is 14.2 Å². The lowest BCUT2D eigenvalue weighted by atomic mass is 9.97. The predicted molar refractivity (Wildman–Crippen MR) is 67.1 cm³/mol. The Hall–Kier alpha value is -0.930. The molecule has 0 saturated heterocycles. The number of benzene rings is 1. The van der Waals surface area contributed by atoms with E-state index in [2.05, 4.69) is 0 Å². The summed E-state index contributed by atoms with van der Waals surface area (Å²) >= 11 is 6.32. The van der Waals surface area contributed by atoms with Crippen molar-refractivity contribution < 1.29 is 14.6 Å². The molecular weight excluding hydrogens is 240 g/mol. The molecule has 0 amide bonds. The van der Waals surface area contributed by atoms with Crippen molar-refractivity contribution in [2.24, 2.45) is 0 Å². The van der Waals surface area contributed by atoms with Gasteiger partial charge in [-0.1, -0.05) is 18.5 Å². The van der Waals surface area contributed by atoms with E-state index in [0.717, 1.165) is 30.4 Å². The molecule has 0 radical (unpaired) electrons. The predicted octanol–water partition coefficient (Wildman–Crippen LogP) is 2.90. The molecule has 0 atom stereocenters. The molecule has 3 nitrogen and oxygen atoms in total. The summed E-state index contributed by atoms with van der Waals surface area (Å²) in [5, 5.41) is 10.8. The fourth-order valence-electron chi connectivity index (χ4n) is 2.14. The second-order valence-electron chi connectivity index (χ2n) is 4.34. The van der Waals surface area contributed by atoms with Crippen molar-refractivity contribution in [2.45, 2.75) is 31.8 Å². The first-order valence-corrected chi connectivity index (χ1v) is 6.11. The van der Waals surface area contributed by atoms with Crippen LogP contribution in [0.5, 0.6) is 11.5 Å². The van der Waals surface area contributed by atoms with Crippen molar-refractivity contribution in [2.75, 3.05) is 14.2 Å². The molecule has 1 N–H and O–H groups in total. The molecule has 1 saturated carbocycles. The van der Waals surface area contributed by atoms with Gasteiger partial charge in [-0.25, -0.2) is 0 Å². The van der Waals surface area contributed by atoms with Gasteiger partial charge < -0.3 is 14.6 Å². The highest BCUT2D eigenvalue weighted by atomic mass is 35.5. The largest absolute Gasteiger partial charge is 0.493 e. The summed E-state index contributed by atoms with van der Waals surface area (Å²) in [6.45, 7) is 2.02. The third kappa shape index (κ3) is 1.98. The molecule has 2 rings (SSSR count). The smallest absolute Gasteiger partial charge is 0.179 e. The van der Waals surface area contributed by atoms with Gasteiger partial charge in [-0.2, -0.15) is 0 Å². The van der Waals surface area contributed by atoms with Crippen molar-refractivity contribution >= 4 is 11.6 Å². The van der Waals surface area contributed by atoms with Gasteiger partial charge in [0.05, 0.1) is 24.8 Å². The number of ether oxygens (including phenoxy) is 2. The van der Waals surface area contributed by atoms with Crippen molar-refractivity contribution in [3.8, 4) is 11.5 Å². The van der Waals surface area contributed by atoms with Crippen LogP contribution in [0.25, 0.3) is 0 Å². The van der Waals surface area contributed by atoms with Crippen LogP contribution in [-0.2, 0) is 12.0 Å². The van der Waals surface area contributed by atoms with Gasteiger partial charge >= 0.3 is 0 Å². The van der Waals surface area contributed by atoms with Crippen LogP contribution in [0, 0.1) is 0 Å². The number of halogens is 1. The molecule has 0 unspecified atom stereocenters. The minimum atomic E-state index is -0.714. The fourth-order valence-corrected chi connectivity index (χ4v) is 2.54. The molecule has 0 aliphatic heterocycles. The van der Waals surface area contributed by atoms with Crippen LogP contribution in [0.15, 0.2) is 6.07 Å². The SMILES string of the molecule is CCc1c(C2(O)CC2)cc(OC)c(OC)c1Cl. The lowest BCUT2D eigenvalue weighted by molar-refractivity contribution is 0.150. The summed E-state index contributed by atoms with van der Waals surface area (Å²) in [6.07, 6.45) is 2.33. The highest BCUT2D eigenvalue weighted by Crippen LogP contribution is 2.51. The molecule has 0 heterocycles. The molecule has 94 valence electrons. The minimum absolute atomic E-state index is 0.541. The van der Waals surface area contributed by atoms with Gasteiger partial charge in [-0.15, -0.1) is 0 Å². The highest BCUT2D eigenvalue weighted by Gasteiger charge is 2.44. The Morgan fingerprint density at radius 1 is 1.35 bits per heavy atom. The Kier molecular flexibility index (Phi) is 3.23. The van der Waals surface area contributed by atoms with E-state index < -0.39 is 5.60 Å². The van der Waals surface area contributed by atoms with E-state index >= 15 is 0 Å². The average Bonchev–Trinajstić information content (AvgIpc) is 3.07. The summed E-state index contributed by atoms with van der Waals surface area (Å²) in [6, 6.07) is 1.84. The summed E-state index contributed by atoms with van der Waals surface area (Å²) in [7, 11) is 3.13. The molecule has 1 fully saturated rings. The van der Waals surface area contributed by atoms with Crippen molar-refractivity contribution in [3.05, 3.63) is 22.2 Å². The second kappa shape index (κ2) is 4.39. The van der Waals surface area contributed by atoms with Gasteiger partial charge in [-0.05, 0) is 36.5 Å². The maximum atomic E-state index is 10.3. The van der Waals surface area contributed by atoms with E-state index in [4.69, 9.17) is 21.1 Å². The number of methoxy groups -OCH3 is 2. The minimum Gasteiger partial charge on any atom is -0.493 e. The van der Waals surface area contributed by atoms with Crippen LogP contribution >= 0.6 is 11.6 Å². The monoisotopic (exact) mass is 256 g/mol. The van der Waals surface area contributed by atoms with Crippen LogP contribution in [0.2, 0.25) is 5.02 Å². The van der Waals surface area contributed by atoms with Crippen LogP contribution in [0.1, 0.15) is 30.9 Å². The van der Waals surface area contributed by atoms with E-state index in [-0.39, 0.29) is 0 Å². The van der Waals surface area contributed by atoms with Crippen molar-refractivity contribution in [1.82, 2.24) is 0 Å². The zero-order chi connectivity index (χ0) is 12.6. The summed E-state index contributed by atoms with van der Waals surface area (Å²) in [5.41, 5.74) is 1.11. The van der Waals surface area contributed by atoms with Crippen molar-refractivity contribution in [3.63, 3.8) is 0 Å². The first-order valence-electron chi connectivity index (χ1n) is 5.73. The van der Waals surface area contributed by atoms with Gasteiger partial charge in [0.2, 0.25) is 0 Å². The summed E-state index contributed by atoms with van der Waals surface area (Å²) in [4.78, 5) is 0. The lowest BCUT2D eigenvalue weighted by Crippen LogP contribution is -2.10. The Balaban J connectivity index is 2.63. The van der Waals surface area contributed by atoms with E-state index in [1.807, 2.05) is 13.0 Å². The number of aliphatic hydroxyl groups is 1. The molecule has 1 aromatic carbocycles. The van der Waals surface area contributed by atoms with E-state index in [0.29, 0.717) is 16.5 Å².